The van der Waals surface area contributed by atoms with Crippen molar-refractivity contribution >= 4 is 0 Å². The van der Waals surface area contributed by atoms with E-state index in [2.05, 4.69) is 51.9 Å². The van der Waals surface area contributed by atoms with Crippen molar-refractivity contribution < 1.29 is 9.84 Å². The van der Waals surface area contributed by atoms with Crippen molar-refractivity contribution in [2.24, 2.45) is 5.92 Å². The van der Waals surface area contributed by atoms with Crippen LogP contribution in [0.5, 0.6) is 5.75 Å². The van der Waals surface area contributed by atoms with E-state index in [1.807, 2.05) is 0 Å². The van der Waals surface area contributed by atoms with Crippen LogP contribution in [0.25, 0.3) is 0 Å². The minimum atomic E-state index is 0.212. The number of ether oxygens (including phenoxy) is 1. The third-order valence-corrected chi connectivity index (χ3v) is 3.79. The number of hydrogen-bond donors (Lipinski definition) is 1. The number of aryl methyl sites for hydroxylation is 2. The molecule has 0 saturated carbocycles. The highest BCUT2D eigenvalue weighted by atomic mass is 16.5. The summed E-state index contributed by atoms with van der Waals surface area (Å²) >= 11 is 0. The minimum Gasteiger partial charge on any atom is -0.496 e. The second-order valence-corrected chi connectivity index (χ2v) is 5.45. The largest absolute Gasteiger partial charge is 0.496 e. The summed E-state index contributed by atoms with van der Waals surface area (Å²) in [6.07, 6.45) is 0.962. The highest BCUT2D eigenvalue weighted by Gasteiger charge is 2.24. The second kappa shape index (κ2) is 6.92. The van der Waals surface area contributed by atoms with E-state index in [-0.39, 0.29) is 18.6 Å². The minimum absolute atomic E-state index is 0.212. The molecule has 0 spiro atoms. The number of hydrogen-bond acceptors (Lipinski definition) is 3. The summed E-state index contributed by atoms with van der Waals surface area (Å²) in [5, 5.41) is 9.59. The second-order valence-electron chi connectivity index (χ2n) is 5.45. The van der Waals surface area contributed by atoms with Gasteiger partial charge in [0.05, 0.1) is 7.11 Å². The van der Waals surface area contributed by atoms with Crippen LogP contribution in [0, 0.1) is 19.8 Å². The lowest BCUT2D eigenvalue weighted by Gasteiger charge is -2.32. The van der Waals surface area contributed by atoms with E-state index in [9.17, 15) is 5.11 Å². The van der Waals surface area contributed by atoms with Gasteiger partial charge < -0.3 is 14.7 Å². The molecule has 0 heterocycles. The lowest BCUT2D eigenvalue weighted by molar-refractivity contribution is 0.130. The van der Waals surface area contributed by atoms with Gasteiger partial charge in [-0.05, 0) is 51.1 Å². The van der Waals surface area contributed by atoms with Gasteiger partial charge in [-0.15, -0.1) is 0 Å². The molecular formula is C16H27NO2. The van der Waals surface area contributed by atoms with Crippen LogP contribution < -0.4 is 4.74 Å². The molecule has 0 aromatic heterocycles. The normalized spacial score (nSPS) is 14.5. The zero-order valence-corrected chi connectivity index (χ0v) is 13.0. The molecule has 1 rings (SSSR count). The molecule has 0 radical (unpaired) electrons. The van der Waals surface area contributed by atoms with E-state index in [1.165, 1.54) is 5.56 Å². The molecular weight excluding hydrogens is 238 g/mol. The van der Waals surface area contributed by atoms with Crippen LogP contribution in [0.3, 0.4) is 0 Å². The standard InChI is InChI=1S/C16H27NO2/c1-7-13(10-18)15(17(4)5)14-8-11(2)16(19-6)12(3)9-14/h8-9,13,15,18H,7,10H2,1-6H3. The monoisotopic (exact) mass is 265 g/mol. The highest BCUT2D eigenvalue weighted by Crippen LogP contribution is 2.33. The van der Waals surface area contributed by atoms with Gasteiger partial charge in [0.25, 0.3) is 0 Å². The summed E-state index contributed by atoms with van der Waals surface area (Å²) in [7, 11) is 5.84. The Bertz CT molecular complexity index is 388. The number of aliphatic hydroxyl groups excluding tert-OH is 1. The highest BCUT2D eigenvalue weighted by molar-refractivity contribution is 5.44. The Morgan fingerprint density at radius 1 is 1.21 bits per heavy atom. The molecule has 3 nitrogen and oxygen atoms in total. The Balaban J connectivity index is 3.24. The Hall–Kier alpha value is -1.06. The van der Waals surface area contributed by atoms with Crippen molar-refractivity contribution in [3.63, 3.8) is 0 Å². The smallest absolute Gasteiger partial charge is 0.124 e. The first-order valence-electron chi connectivity index (χ1n) is 6.88. The van der Waals surface area contributed by atoms with Crippen LogP contribution in [0.15, 0.2) is 12.1 Å². The third-order valence-electron chi connectivity index (χ3n) is 3.79. The van der Waals surface area contributed by atoms with Crippen LogP contribution >= 0.6 is 0 Å². The summed E-state index contributed by atoms with van der Waals surface area (Å²) in [4.78, 5) is 2.19. The van der Waals surface area contributed by atoms with E-state index in [0.29, 0.717) is 0 Å². The van der Waals surface area contributed by atoms with Gasteiger partial charge >= 0.3 is 0 Å². The molecule has 0 fully saturated rings. The first-order valence-corrected chi connectivity index (χ1v) is 6.88. The Morgan fingerprint density at radius 3 is 2.05 bits per heavy atom. The number of rotatable bonds is 6. The molecule has 1 aromatic rings. The van der Waals surface area contributed by atoms with Crippen LogP contribution in [0.4, 0.5) is 0 Å². The number of aliphatic hydroxyl groups is 1. The summed E-state index contributed by atoms with van der Waals surface area (Å²) < 4.78 is 5.42. The van der Waals surface area contributed by atoms with Gasteiger partial charge in [-0.2, -0.15) is 0 Å². The summed E-state index contributed by atoms with van der Waals surface area (Å²) in [5.41, 5.74) is 3.55. The van der Waals surface area contributed by atoms with Gasteiger partial charge in [-0.3, -0.25) is 0 Å². The van der Waals surface area contributed by atoms with Crippen molar-refractivity contribution in [1.82, 2.24) is 4.90 Å². The van der Waals surface area contributed by atoms with Crippen molar-refractivity contribution in [1.29, 1.82) is 0 Å². The van der Waals surface area contributed by atoms with Gasteiger partial charge in [0.15, 0.2) is 0 Å². The van der Waals surface area contributed by atoms with Crippen LogP contribution in [-0.2, 0) is 0 Å². The zero-order valence-electron chi connectivity index (χ0n) is 13.0. The molecule has 0 aliphatic rings. The molecule has 2 atom stereocenters. The lowest BCUT2D eigenvalue weighted by atomic mass is 9.88. The molecule has 2 unspecified atom stereocenters. The fourth-order valence-corrected chi connectivity index (χ4v) is 2.92. The van der Waals surface area contributed by atoms with E-state index < -0.39 is 0 Å². The fraction of sp³-hybridized carbons (Fsp3) is 0.625. The van der Waals surface area contributed by atoms with Gasteiger partial charge in [0.1, 0.15) is 5.75 Å². The van der Waals surface area contributed by atoms with E-state index in [0.717, 1.165) is 23.3 Å². The number of benzene rings is 1. The average molecular weight is 265 g/mol. The zero-order chi connectivity index (χ0) is 14.6. The summed E-state index contributed by atoms with van der Waals surface area (Å²) in [6, 6.07) is 4.59. The van der Waals surface area contributed by atoms with Gasteiger partial charge in [0, 0.05) is 18.6 Å². The Kier molecular flexibility index (Phi) is 5.83. The van der Waals surface area contributed by atoms with E-state index in [1.54, 1.807) is 7.11 Å². The topological polar surface area (TPSA) is 32.7 Å². The quantitative estimate of drug-likeness (QED) is 0.858. The fourth-order valence-electron chi connectivity index (χ4n) is 2.92. The maximum Gasteiger partial charge on any atom is 0.124 e. The predicted molar refractivity (Wildman–Crippen MR) is 79.8 cm³/mol. The number of methoxy groups -OCH3 is 1. The van der Waals surface area contributed by atoms with Crippen molar-refractivity contribution in [2.45, 2.75) is 33.2 Å². The lowest BCUT2D eigenvalue weighted by Crippen LogP contribution is -2.29. The van der Waals surface area contributed by atoms with E-state index in [4.69, 9.17) is 4.74 Å². The van der Waals surface area contributed by atoms with Gasteiger partial charge in [-0.1, -0.05) is 19.1 Å². The molecule has 0 aliphatic heterocycles. The Morgan fingerprint density at radius 2 is 1.74 bits per heavy atom. The molecule has 0 bridgehead atoms. The summed E-state index contributed by atoms with van der Waals surface area (Å²) in [5.74, 6) is 1.21. The molecule has 0 amide bonds. The maximum absolute atomic E-state index is 9.59. The van der Waals surface area contributed by atoms with Crippen LogP contribution in [0.1, 0.15) is 36.1 Å². The number of nitrogens with zero attached hydrogens (tertiary/aromatic N) is 1. The molecule has 0 aliphatic carbocycles. The molecule has 108 valence electrons. The van der Waals surface area contributed by atoms with Crippen LogP contribution in [0.2, 0.25) is 0 Å². The average Bonchev–Trinajstić information content (AvgIpc) is 2.34. The third kappa shape index (κ3) is 3.48. The molecule has 3 heteroatoms. The van der Waals surface area contributed by atoms with Crippen molar-refractivity contribution in [2.75, 3.05) is 27.8 Å². The van der Waals surface area contributed by atoms with Crippen LogP contribution in [-0.4, -0.2) is 37.8 Å². The van der Waals surface area contributed by atoms with E-state index >= 15 is 0 Å². The maximum atomic E-state index is 9.59. The first kappa shape index (κ1) is 16.0. The molecule has 0 saturated heterocycles. The molecule has 1 N–H and O–H groups in total. The van der Waals surface area contributed by atoms with Gasteiger partial charge in [0.2, 0.25) is 0 Å². The van der Waals surface area contributed by atoms with Gasteiger partial charge in [-0.25, -0.2) is 0 Å². The Labute approximate surface area is 117 Å². The first-order chi connectivity index (χ1) is 8.96. The summed E-state index contributed by atoms with van der Waals surface area (Å²) in [6.45, 7) is 6.48. The predicted octanol–water partition coefficient (Wildman–Crippen LogP) is 2.93. The molecule has 1 aromatic carbocycles. The SMILES string of the molecule is CCC(CO)C(c1cc(C)c(OC)c(C)c1)N(C)C. The van der Waals surface area contributed by atoms with Crippen molar-refractivity contribution in [3.05, 3.63) is 28.8 Å². The molecule has 19 heavy (non-hydrogen) atoms. The van der Waals surface area contributed by atoms with Crippen molar-refractivity contribution in [3.8, 4) is 5.75 Å².